The van der Waals surface area contributed by atoms with Crippen molar-refractivity contribution in [1.29, 1.82) is 0 Å². The normalized spacial score (nSPS) is 12.3. The molecule has 0 aliphatic carbocycles. The number of carboxylic acid groups (broad SMARTS) is 2. The van der Waals surface area contributed by atoms with E-state index >= 15 is 0 Å². The van der Waals surface area contributed by atoms with Crippen LogP contribution in [-0.2, 0) is 19.1 Å². The van der Waals surface area contributed by atoms with Crippen molar-refractivity contribution in [3.63, 3.8) is 0 Å². The maximum Gasteiger partial charge on any atom is 0.332 e. The van der Waals surface area contributed by atoms with E-state index in [0.717, 1.165) is 6.08 Å². The lowest BCUT2D eigenvalue weighted by atomic mass is 9.55. The number of aliphatic hydroxyl groups excluding tert-OH is 1. The third-order valence-corrected chi connectivity index (χ3v) is 5.21. The monoisotopic (exact) mass is 416 g/mol. The summed E-state index contributed by atoms with van der Waals surface area (Å²) < 4.78 is 4.35. The van der Waals surface area contributed by atoms with E-state index in [1.54, 1.807) is 6.92 Å². The second-order valence-electron chi connectivity index (χ2n) is 7.28. The second kappa shape index (κ2) is 15.0. The molecule has 0 aromatic carbocycles. The predicted octanol–water partition coefficient (Wildman–Crippen LogP) is 4.77. The number of hydrogen-bond acceptors (Lipinski definition) is 5. The lowest BCUT2D eigenvalue weighted by molar-refractivity contribution is -0.179. The molecule has 0 aliphatic heterocycles. The molecule has 0 amide bonds. The Morgan fingerprint density at radius 1 is 0.828 bits per heavy atom. The molecular weight excluding hydrogens is 376 g/mol. The van der Waals surface area contributed by atoms with Gasteiger partial charge in [0.1, 0.15) is 0 Å². The van der Waals surface area contributed by atoms with Crippen LogP contribution >= 0.6 is 0 Å². The van der Waals surface area contributed by atoms with Crippen molar-refractivity contribution in [1.82, 2.24) is 0 Å². The van der Waals surface area contributed by atoms with Crippen LogP contribution in [0.5, 0.6) is 0 Å². The zero-order valence-corrected chi connectivity index (χ0v) is 18.7. The van der Waals surface area contributed by atoms with Crippen molar-refractivity contribution in [2.75, 3.05) is 0 Å². The number of carbonyl (C=O) groups is 3. The third-order valence-electron chi connectivity index (χ3n) is 5.21. The van der Waals surface area contributed by atoms with Gasteiger partial charge in [0.05, 0.1) is 10.8 Å². The highest BCUT2D eigenvalue weighted by molar-refractivity contribution is 5.86. The van der Waals surface area contributed by atoms with Gasteiger partial charge in [0.25, 0.3) is 0 Å². The van der Waals surface area contributed by atoms with Gasteiger partial charge in [-0.3, -0.25) is 9.59 Å². The van der Waals surface area contributed by atoms with Crippen LogP contribution in [0.4, 0.5) is 0 Å². The standard InChI is InChI=1S/C16H30O4.C6H10O3/c1-5-9-15(10-6-2,13(17)18)16(11-7-3,12-8-4)14(19)20;1-3-5(7)9-6(8)4-2/h5-12H2,1-4H3,(H,17,18)(H,19,20);3,6,8H,1,4H2,2H3. The van der Waals surface area contributed by atoms with Crippen LogP contribution < -0.4 is 0 Å². The van der Waals surface area contributed by atoms with Crippen molar-refractivity contribution in [2.45, 2.75) is 98.7 Å². The molecule has 170 valence electrons. The molecule has 0 radical (unpaired) electrons. The number of carboxylic acids is 2. The van der Waals surface area contributed by atoms with Gasteiger partial charge in [-0.25, -0.2) is 4.79 Å². The number of rotatable bonds is 14. The van der Waals surface area contributed by atoms with Gasteiger partial charge in [-0.1, -0.05) is 66.9 Å². The van der Waals surface area contributed by atoms with E-state index in [1.807, 2.05) is 27.7 Å². The molecule has 7 nitrogen and oxygen atoms in total. The largest absolute Gasteiger partial charge is 0.481 e. The summed E-state index contributed by atoms with van der Waals surface area (Å²) in [4.78, 5) is 34.4. The Balaban J connectivity index is 0. The number of esters is 1. The number of ether oxygens (including phenoxy) is 1. The number of aliphatic carboxylic acids is 2. The van der Waals surface area contributed by atoms with Crippen LogP contribution in [-0.4, -0.2) is 39.5 Å². The first-order chi connectivity index (χ1) is 13.6. The molecule has 0 aliphatic rings. The fraction of sp³-hybridized carbons (Fsp3) is 0.773. The Hall–Kier alpha value is -1.89. The molecule has 1 atom stereocenters. The van der Waals surface area contributed by atoms with Crippen LogP contribution in [0, 0.1) is 10.8 Å². The summed E-state index contributed by atoms with van der Waals surface area (Å²) in [6, 6.07) is 0. The fourth-order valence-electron chi connectivity index (χ4n) is 4.02. The smallest absolute Gasteiger partial charge is 0.332 e. The van der Waals surface area contributed by atoms with E-state index in [4.69, 9.17) is 5.11 Å². The van der Waals surface area contributed by atoms with Crippen molar-refractivity contribution in [2.24, 2.45) is 10.8 Å². The zero-order valence-electron chi connectivity index (χ0n) is 18.7. The minimum atomic E-state index is -1.14. The quantitative estimate of drug-likeness (QED) is 0.212. The van der Waals surface area contributed by atoms with Gasteiger partial charge in [-0.05, 0) is 25.7 Å². The first kappa shape index (κ1) is 29.3. The molecule has 1 unspecified atom stereocenters. The minimum Gasteiger partial charge on any atom is -0.481 e. The van der Waals surface area contributed by atoms with Gasteiger partial charge in [-0.15, -0.1) is 0 Å². The molecular formula is C22H40O7. The molecule has 0 bridgehead atoms. The highest BCUT2D eigenvalue weighted by Gasteiger charge is 2.58. The Bertz CT molecular complexity index is 469. The van der Waals surface area contributed by atoms with Crippen molar-refractivity contribution in [3.05, 3.63) is 12.7 Å². The molecule has 7 heteroatoms. The lowest BCUT2D eigenvalue weighted by Crippen LogP contribution is -2.52. The highest BCUT2D eigenvalue weighted by Crippen LogP contribution is 2.53. The first-order valence-electron chi connectivity index (χ1n) is 10.6. The topological polar surface area (TPSA) is 121 Å². The molecule has 0 fully saturated rings. The van der Waals surface area contributed by atoms with E-state index < -0.39 is 35.0 Å². The summed E-state index contributed by atoms with van der Waals surface area (Å²) in [5.74, 6) is -2.47. The second-order valence-corrected chi connectivity index (χ2v) is 7.28. The van der Waals surface area contributed by atoms with Gasteiger partial charge in [-0.2, -0.15) is 0 Å². The third kappa shape index (κ3) is 8.17. The van der Waals surface area contributed by atoms with Crippen LogP contribution in [0.15, 0.2) is 12.7 Å². The molecule has 0 rings (SSSR count). The van der Waals surface area contributed by atoms with Gasteiger partial charge in [0.15, 0.2) is 0 Å². The average Bonchev–Trinajstić information content (AvgIpc) is 2.67. The number of carbonyl (C=O) groups excluding carboxylic acids is 1. The molecule has 0 spiro atoms. The maximum absolute atomic E-state index is 12.0. The summed E-state index contributed by atoms with van der Waals surface area (Å²) in [7, 11) is 0. The van der Waals surface area contributed by atoms with E-state index in [2.05, 4.69) is 11.3 Å². The number of hydrogen-bond donors (Lipinski definition) is 3. The van der Waals surface area contributed by atoms with Crippen LogP contribution in [0.2, 0.25) is 0 Å². The highest BCUT2D eigenvalue weighted by atomic mass is 16.6. The van der Waals surface area contributed by atoms with Crippen molar-refractivity contribution in [3.8, 4) is 0 Å². The number of aliphatic hydroxyl groups is 1. The Morgan fingerprint density at radius 3 is 1.31 bits per heavy atom. The van der Waals surface area contributed by atoms with E-state index in [0.29, 0.717) is 57.8 Å². The minimum absolute atomic E-state index is 0.402. The Kier molecular flexibility index (Phi) is 15.2. The van der Waals surface area contributed by atoms with Crippen molar-refractivity contribution >= 4 is 17.9 Å². The molecule has 0 aromatic heterocycles. The maximum atomic E-state index is 12.0. The molecule has 0 saturated carbocycles. The van der Waals surface area contributed by atoms with E-state index in [1.165, 1.54) is 0 Å². The van der Waals surface area contributed by atoms with Crippen LogP contribution in [0.1, 0.15) is 92.4 Å². The Morgan fingerprint density at radius 2 is 1.14 bits per heavy atom. The van der Waals surface area contributed by atoms with Crippen LogP contribution in [0.25, 0.3) is 0 Å². The average molecular weight is 417 g/mol. The predicted molar refractivity (Wildman–Crippen MR) is 112 cm³/mol. The van der Waals surface area contributed by atoms with Gasteiger partial charge < -0.3 is 20.1 Å². The van der Waals surface area contributed by atoms with Gasteiger partial charge in [0, 0.05) is 12.5 Å². The molecule has 29 heavy (non-hydrogen) atoms. The summed E-state index contributed by atoms with van der Waals surface area (Å²) >= 11 is 0. The first-order valence-corrected chi connectivity index (χ1v) is 10.6. The van der Waals surface area contributed by atoms with E-state index in [-0.39, 0.29) is 0 Å². The molecule has 0 aromatic rings. The Labute approximate surface area is 175 Å². The molecule has 3 N–H and O–H groups in total. The summed E-state index contributed by atoms with van der Waals surface area (Å²) in [6.07, 6.45) is 4.91. The molecule has 0 saturated heterocycles. The summed E-state index contributed by atoms with van der Waals surface area (Å²) in [5.41, 5.74) is -2.29. The zero-order chi connectivity index (χ0) is 23.1. The van der Waals surface area contributed by atoms with E-state index in [9.17, 15) is 24.6 Å². The molecule has 0 heterocycles. The van der Waals surface area contributed by atoms with Crippen molar-refractivity contribution < 1.29 is 34.4 Å². The summed E-state index contributed by atoms with van der Waals surface area (Å²) in [5, 5.41) is 28.4. The van der Waals surface area contributed by atoms with Crippen LogP contribution in [0.3, 0.4) is 0 Å². The van der Waals surface area contributed by atoms with Gasteiger partial charge >= 0.3 is 17.9 Å². The van der Waals surface area contributed by atoms with Gasteiger partial charge in [0.2, 0.25) is 6.29 Å². The lowest BCUT2D eigenvalue weighted by Gasteiger charge is -2.45. The summed E-state index contributed by atoms with van der Waals surface area (Å²) in [6.45, 7) is 12.6. The fourth-order valence-corrected chi connectivity index (χ4v) is 4.02. The SMILES string of the molecule is C=CC(=O)OC(O)CC.CCCC(CCC)(C(=O)O)C(CCC)(CCC)C(=O)O.